The summed E-state index contributed by atoms with van der Waals surface area (Å²) < 4.78 is 37.2. The molecule has 1 heterocycles. The maximum atomic E-state index is 12.4. The number of rotatable bonds is 1. The van der Waals surface area contributed by atoms with Gasteiger partial charge in [0, 0.05) is 5.56 Å². The van der Waals surface area contributed by atoms with Crippen molar-refractivity contribution in [3.05, 3.63) is 27.4 Å². The molecule has 0 fully saturated rings. The van der Waals surface area contributed by atoms with Crippen molar-refractivity contribution in [1.82, 2.24) is 9.97 Å². The molecule has 1 rings (SSSR count). The van der Waals surface area contributed by atoms with Crippen LogP contribution in [0.3, 0.4) is 0 Å². The van der Waals surface area contributed by atoms with E-state index in [1.54, 1.807) is 0 Å². The highest BCUT2D eigenvalue weighted by Gasteiger charge is 2.36. The minimum atomic E-state index is -4.64. The van der Waals surface area contributed by atoms with Crippen molar-refractivity contribution in [3.63, 3.8) is 0 Å². The standard InChI is InChI=1S/C8H8ClF3N2O/c1-3-5(8(10,11)12)13-6(4(2)9)14-7(3)15/h4H,1-2H3,(H,13,14,15). The number of halogens is 4. The average molecular weight is 241 g/mol. The van der Waals surface area contributed by atoms with Gasteiger partial charge >= 0.3 is 6.18 Å². The fourth-order valence-corrected chi connectivity index (χ4v) is 1.12. The van der Waals surface area contributed by atoms with Crippen molar-refractivity contribution in [2.75, 3.05) is 0 Å². The van der Waals surface area contributed by atoms with Crippen molar-refractivity contribution >= 4 is 11.6 Å². The number of aromatic amines is 1. The van der Waals surface area contributed by atoms with Gasteiger partial charge in [0.15, 0.2) is 5.69 Å². The Hall–Kier alpha value is -1.04. The van der Waals surface area contributed by atoms with Gasteiger partial charge in [-0.2, -0.15) is 13.2 Å². The van der Waals surface area contributed by atoms with Crippen LogP contribution in [-0.4, -0.2) is 9.97 Å². The first-order chi connectivity index (χ1) is 6.73. The van der Waals surface area contributed by atoms with E-state index in [0.29, 0.717) is 0 Å². The average Bonchev–Trinajstić information content (AvgIpc) is 2.06. The van der Waals surface area contributed by atoms with E-state index in [1.165, 1.54) is 6.92 Å². The van der Waals surface area contributed by atoms with Crippen molar-refractivity contribution in [2.45, 2.75) is 25.4 Å². The molecule has 0 saturated heterocycles. The lowest BCUT2D eigenvalue weighted by Gasteiger charge is -2.10. The maximum absolute atomic E-state index is 12.4. The van der Waals surface area contributed by atoms with Crippen LogP contribution in [0.4, 0.5) is 13.2 Å². The number of aromatic nitrogens is 2. The van der Waals surface area contributed by atoms with Gasteiger partial charge in [-0.05, 0) is 13.8 Å². The summed E-state index contributed by atoms with van der Waals surface area (Å²) in [7, 11) is 0. The summed E-state index contributed by atoms with van der Waals surface area (Å²) >= 11 is 5.55. The van der Waals surface area contributed by atoms with Crippen LogP contribution in [0.5, 0.6) is 0 Å². The highest BCUT2D eigenvalue weighted by atomic mass is 35.5. The van der Waals surface area contributed by atoms with Gasteiger partial charge in [0.25, 0.3) is 5.56 Å². The Bertz CT molecular complexity index is 425. The Morgan fingerprint density at radius 3 is 2.40 bits per heavy atom. The first kappa shape index (κ1) is 12.0. The van der Waals surface area contributed by atoms with Gasteiger partial charge in [0.2, 0.25) is 0 Å². The zero-order valence-electron chi connectivity index (χ0n) is 7.94. The largest absolute Gasteiger partial charge is 0.433 e. The predicted octanol–water partition coefficient (Wildman–Crippen LogP) is 2.40. The van der Waals surface area contributed by atoms with Crippen LogP contribution in [0.15, 0.2) is 4.79 Å². The molecule has 0 radical (unpaired) electrons. The minimum Gasteiger partial charge on any atom is -0.309 e. The van der Waals surface area contributed by atoms with E-state index >= 15 is 0 Å². The lowest BCUT2D eigenvalue weighted by Crippen LogP contribution is -2.23. The second kappa shape index (κ2) is 3.84. The summed E-state index contributed by atoms with van der Waals surface area (Å²) in [5.41, 5.74) is -2.46. The molecular formula is C8H8ClF3N2O. The summed E-state index contributed by atoms with van der Waals surface area (Å²) in [6.45, 7) is 2.49. The topological polar surface area (TPSA) is 45.8 Å². The molecule has 1 unspecified atom stereocenters. The number of nitrogens with one attached hydrogen (secondary N) is 1. The smallest absolute Gasteiger partial charge is 0.309 e. The number of hydrogen-bond acceptors (Lipinski definition) is 2. The zero-order chi connectivity index (χ0) is 11.8. The molecule has 1 atom stereocenters. The molecule has 0 aliphatic carbocycles. The van der Waals surface area contributed by atoms with Gasteiger partial charge in [-0.3, -0.25) is 4.79 Å². The van der Waals surface area contributed by atoms with Crippen LogP contribution in [0.2, 0.25) is 0 Å². The fraction of sp³-hybridized carbons (Fsp3) is 0.500. The van der Waals surface area contributed by atoms with E-state index in [-0.39, 0.29) is 5.82 Å². The third kappa shape index (κ3) is 2.50. The van der Waals surface area contributed by atoms with Crippen LogP contribution in [0, 0.1) is 6.92 Å². The second-order valence-corrected chi connectivity index (χ2v) is 3.69. The monoisotopic (exact) mass is 240 g/mol. The van der Waals surface area contributed by atoms with Gasteiger partial charge in [0.1, 0.15) is 5.82 Å². The van der Waals surface area contributed by atoms with Crippen molar-refractivity contribution in [1.29, 1.82) is 0 Å². The van der Waals surface area contributed by atoms with Gasteiger partial charge in [-0.25, -0.2) is 4.98 Å². The Morgan fingerprint density at radius 2 is 2.00 bits per heavy atom. The normalized spacial score (nSPS) is 14.0. The molecule has 0 spiro atoms. The van der Waals surface area contributed by atoms with E-state index in [9.17, 15) is 18.0 Å². The Balaban J connectivity index is 3.46. The van der Waals surface area contributed by atoms with Crippen LogP contribution in [-0.2, 0) is 6.18 Å². The second-order valence-electron chi connectivity index (χ2n) is 3.04. The highest BCUT2D eigenvalue weighted by Crippen LogP contribution is 2.29. The maximum Gasteiger partial charge on any atom is 0.433 e. The quantitative estimate of drug-likeness (QED) is 0.766. The lowest BCUT2D eigenvalue weighted by molar-refractivity contribution is -0.142. The molecular weight excluding hydrogens is 233 g/mol. The van der Waals surface area contributed by atoms with E-state index in [2.05, 4.69) is 9.97 Å². The third-order valence-corrected chi connectivity index (χ3v) is 2.02. The molecule has 7 heteroatoms. The molecule has 1 aromatic rings. The van der Waals surface area contributed by atoms with Crippen molar-refractivity contribution in [2.24, 2.45) is 0 Å². The molecule has 0 bridgehead atoms. The molecule has 0 saturated carbocycles. The molecule has 1 aromatic heterocycles. The lowest BCUT2D eigenvalue weighted by atomic mass is 10.2. The van der Waals surface area contributed by atoms with Crippen molar-refractivity contribution < 1.29 is 13.2 Å². The van der Waals surface area contributed by atoms with E-state index in [4.69, 9.17) is 11.6 Å². The highest BCUT2D eigenvalue weighted by molar-refractivity contribution is 6.20. The number of H-pyrrole nitrogens is 1. The molecule has 3 nitrogen and oxygen atoms in total. The molecule has 0 amide bonds. The van der Waals surface area contributed by atoms with Gasteiger partial charge in [-0.15, -0.1) is 11.6 Å². The summed E-state index contributed by atoms with van der Waals surface area (Å²) in [5, 5.41) is -0.778. The molecule has 0 aliphatic rings. The fourth-order valence-electron chi connectivity index (χ4n) is 1.01. The van der Waals surface area contributed by atoms with Crippen LogP contribution < -0.4 is 5.56 Å². The Labute approximate surface area is 88.3 Å². The SMILES string of the molecule is Cc1c(C(F)(F)F)nc(C(C)Cl)[nH]c1=O. The van der Waals surface area contributed by atoms with Crippen LogP contribution >= 0.6 is 11.6 Å². The first-order valence-electron chi connectivity index (χ1n) is 4.05. The minimum absolute atomic E-state index is 0.181. The molecule has 0 aliphatic heterocycles. The molecule has 15 heavy (non-hydrogen) atoms. The zero-order valence-corrected chi connectivity index (χ0v) is 8.70. The van der Waals surface area contributed by atoms with E-state index in [1.807, 2.05) is 0 Å². The van der Waals surface area contributed by atoms with E-state index in [0.717, 1.165) is 6.92 Å². The summed E-state index contributed by atoms with van der Waals surface area (Å²) in [5.74, 6) is -0.181. The van der Waals surface area contributed by atoms with E-state index < -0.39 is 28.4 Å². The Morgan fingerprint density at radius 1 is 1.47 bits per heavy atom. The Kier molecular flexibility index (Phi) is 3.08. The predicted molar refractivity (Wildman–Crippen MR) is 48.9 cm³/mol. The number of nitrogens with zero attached hydrogens (tertiary/aromatic N) is 1. The molecule has 0 aromatic carbocycles. The summed E-state index contributed by atoms with van der Waals surface area (Å²) in [6, 6.07) is 0. The van der Waals surface area contributed by atoms with Crippen LogP contribution in [0.1, 0.15) is 29.4 Å². The van der Waals surface area contributed by atoms with Gasteiger partial charge in [-0.1, -0.05) is 0 Å². The molecule has 84 valence electrons. The van der Waals surface area contributed by atoms with Crippen LogP contribution in [0.25, 0.3) is 0 Å². The third-order valence-electron chi connectivity index (χ3n) is 1.81. The molecule has 1 N–H and O–H groups in total. The summed E-state index contributed by atoms with van der Waals surface area (Å²) in [4.78, 5) is 16.6. The first-order valence-corrected chi connectivity index (χ1v) is 4.49. The summed E-state index contributed by atoms with van der Waals surface area (Å²) in [6.07, 6.45) is -4.64. The number of hydrogen-bond donors (Lipinski definition) is 1. The number of alkyl halides is 4. The van der Waals surface area contributed by atoms with Gasteiger partial charge in [0.05, 0.1) is 5.38 Å². The van der Waals surface area contributed by atoms with Gasteiger partial charge < -0.3 is 4.98 Å². The van der Waals surface area contributed by atoms with Crippen molar-refractivity contribution in [3.8, 4) is 0 Å².